The predicted molar refractivity (Wildman–Crippen MR) is 84.3 cm³/mol. The van der Waals surface area contributed by atoms with E-state index in [9.17, 15) is 0 Å². The summed E-state index contributed by atoms with van der Waals surface area (Å²) in [6, 6.07) is 2.73. The van der Waals surface area contributed by atoms with Crippen LogP contribution >= 0.6 is 11.3 Å². The average Bonchev–Trinajstić information content (AvgIpc) is 3.05. The second kappa shape index (κ2) is 6.10. The number of hydrogen-bond donors (Lipinski definition) is 1. The summed E-state index contributed by atoms with van der Waals surface area (Å²) in [6.45, 7) is 3.26. The third kappa shape index (κ3) is 2.81. The Morgan fingerprint density at radius 1 is 1.40 bits per heavy atom. The lowest BCUT2D eigenvalue weighted by molar-refractivity contribution is 0.604. The van der Waals surface area contributed by atoms with E-state index in [2.05, 4.69) is 29.6 Å². The molecule has 20 heavy (non-hydrogen) atoms. The van der Waals surface area contributed by atoms with Crippen molar-refractivity contribution >= 4 is 11.3 Å². The van der Waals surface area contributed by atoms with E-state index in [1.165, 1.54) is 36.1 Å². The molecule has 0 aliphatic heterocycles. The van der Waals surface area contributed by atoms with Gasteiger partial charge in [-0.05, 0) is 50.3 Å². The minimum Gasteiger partial charge on any atom is -0.306 e. The summed E-state index contributed by atoms with van der Waals surface area (Å²) in [6.07, 6.45) is 10.5. The number of fused-ring (bicyclic) bond motifs is 1. The van der Waals surface area contributed by atoms with Gasteiger partial charge < -0.3 is 5.32 Å². The van der Waals surface area contributed by atoms with Gasteiger partial charge >= 0.3 is 0 Å². The quantitative estimate of drug-likeness (QED) is 0.913. The number of rotatable bonds is 5. The van der Waals surface area contributed by atoms with Crippen molar-refractivity contribution in [3.8, 4) is 0 Å². The van der Waals surface area contributed by atoms with Crippen molar-refractivity contribution in [1.82, 2.24) is 15.1 Å². The molecule has 0 saturated carbocycles. The molecular weight excluding hydrogens is 266 g/mol. The summed E-state index contributed by atoms with van der Waals surface area (Å²) in [7, 11) is 1.99. The summed E-state index contributed by atoms with van der Waals surface area (Å²) in [5.41, 5.74) is 2.86. The number of aromatic nitrogens is 2. The van der Waals surface area contributed by atoms with Crippen molar-refractivity contribution in [2.24, 2.45) is 7.05 Å². The van der Waals surface area contributed by atoms with Crippen LogP contribution in [0.4, 0.5) is 0 Å². The molecule has 0 bridgehead atoms. The Hall–Kier alpha value is -1.13. The molecule has 0 fully saturated rings. The number of aryl methyl sites for hydroxylation is 3. The molecule has 1 aliphatic carbocycles. The third-order valence-corrected chi connectivity index (χ3v) is 5.26. The van der Waals surface area contributed by atoms with Gasteiger partial charge in [0.15, 0.2) is 0 Å². The van der Waals surface area contributed by atoms with E-state index in [0.29, 0.717) is 6.04 Å². The highest BCUT2D eigenvalue weighted by Crippen LogP contribution is 2.35. The molecule has 4 heteroatoms. The van der Waals surface area contributed by atoms with Crippen LogP contribution < -0.4 is 5.32 Å². The Bertz CT molecular complexity index is 547. The SMILES string of the molecule is CCCNC(c1cnn(C)c1)c1cc2c(s1)CCCC2. The van der Waals surface area contributed by atoms with Gasteiger partial charge in [0.2, 0.25) is 0 Å². The minimum atomic E-state index is 0.305. The lowest BCUT2D eigenvalue weighted by Crippen LogP contribution is -2.22. The Kier molecular flexibility index (Phi) is 4.22. The summed E-state index contributed by atoms with van der Waals surface area (Å²) in [4.78, 5) is 3.07. The molecule has 2 heterocycles. The molecule has 2 aromatic heterocycles. The summed E-state index contributed by atoms with van der Waals surface area (Å²) in [5, 5.41) is 8.02. The molecule has 0 radical (unpaired) electrons. The molecule has 1 N–H and O–H groups in total. The zero-order valence-electron chi connectivity index (χ0n) is 12.4. The normalized spacial score (nSPS) is 16.1. The summed E-state index contributed by atoms with van der Waals surface area (Å²) >= 11 is 2.00. The maximum absolute atomic E-state index is 4.33. The Morgan fingerprint density at radius 3 is 2.95 bits per heavy atom. The van der Waals surface area contributed by atoms with Crippen LogP contribution in [-0.2, 0) is 19.9 Å². The lowest BCUT2D eigenvalue weighted by Gasteiger charge is -2.15. The van der Waals surface area contributed by atoms with Gasteiger partial charge in [-0.3, -0.25) is 4.68 Å². The monoisotopic (exact) mass is 289 g/mol. The third-order valence-electron chi connectivity index (χ3n) is 3.96. The van der Waals surface area contributed by atoms with E-state index in [1.807, 2.05) is 29.3 Å². The topological polar surface area (TPSA) is 29.9 Å². The summed E-state index contributed by atoms with van der Waals surface area (Å²) in [5.74, 6) is 0. The minimum absolute atomic E-state index is 0.305. The highest BCUT2D eigenvalue weighted by atomic mass is 32.1. The van der Waals surface area contributed by atoms with E-state index < -0.39 is 0 Å². The predicted octanol–water partition coefficient (Wildman–Crippen LogP) is 3.45. The van der Waals surface area contributed by atoms with Crippen LogP contribution in [0.25, 0.3) is 0 Å². The molecule has 0 spiro atoms. The first-order chi connectivity index (χ1) is 9.78. The van der Waals surface area contributed by atoms with Crippen molar-refractivity contribution in [3.63, 3.8) is 0 Å². The van der Waals surface area contributed by atoms with Gasteiger partial charge in [-0.1, -0.05) is 6.92 Å². The second-order valence-corrected chi connectivity index (χ2v) is 6.81. The fraction of sp³-hybridized carbons (Fsp3) is 0.562. The molecule has 2 aromatic rings. The van der Waals surface area contributed by atoms with Crippen LogP contribution in [0.2, 0.25) is 0 Å². The van der Waals surface area contributed by atoms with Crippen molar-refractivity contribution in [2.75, 3.05) is 6.54 Å². The van der Waals surface area contributed by atoms with Gasteiger partial charge in [0.1, 0.15) is 0 Å². The molecule has 1 unspecified atom stereocenters. The molecule has 0 aromatic carbocycles. The van der Waals surface area contributed by atoms with Crippen LogP contribution in [0, 0.1) is 0 Å². The molecule has 3 nitrogen and oxygen atoms in total. The first kappa shape index (κ1) is 13.8. The molecule has 1 aliphatic rings. The van der Waals surface area contributed by atoms with E-state index >= 15 is 0 Å². The zero-order chi connectivity index (χ0) is 13.9. The van der Waals surface area contributed by atoms with Gasteiger partial charge in [-0.2, -0.15) is 5.10 Å². The molecule has 1 atom stereocenters. The first-order valence-corrected chi connectivity index (χ1v) is 8.43. The van der Waals surface area contributed by atoms with Crippen LogP contribution in [0.5, 0.6) is 0 Å². The van der Waals surface area contributed by atoms with E-state index in [1.54, 1.807) is 10.4 Å². The Morgan fingerprint density at radius 2 is 2.25 bits per heavy atom. The Balaban J connectivity index is 1.90. The summed E-state index contributed by atoms with van der Waals surface area (Å²) < 4.78 is 1.89. The molecule has 0 amide bonds. The molecular formula is C16H23N3S. The molecule has 0 saturated heterocycles. The highest BCUT2D eigenvalue weighted by Gasteiger charge is 2.21. The van der Waals surface area contributed by atoms with E-state index in [0.717, 1.165) is 13.0 Å². The first-order valence-electron chi connectivity index (χ1n) is 7.61. The largest absolute Gasteiger partial charge is 0.306 e. The van der Waals surface area contributed by atoms with E-state index in [-0.39, 0.29) is 0 Å². The standard InChI is InChI=1S/C16H23N3S/c1-3-8-17-16(13-10-18-19(2)11-13)15-9-12-6-4-5-7-14(12)20-15/h9-11,16-17H,3-8H2,1-2H3. The van der Waals surface area contributed by atoms with Gasteiger partial charge in [0.25, 0.3) is 0 Å². The maximum atomic E-state index is 4.33. The fourth-order valence-corrected chi connectivity index (χ4v) is 4.28. The maximum Gasteiger partial charge on any atom is 0.0702 e. The number of hydrogen-bond acceptors (Lipinski definition) is 3. The zero-order valence-corrected chi connectivity index (χ0v) is 13.2. The van der Waals surface area contributed by atoms with Crippen molar-refractivity contribution in [2.45, 2.75) is 45.1 Å². The van der Waals surface area contributed by atoms with Gasteiger partial charge in [0.05, 0.1) is 12.2 Å². The molecule has 108 valence electrons. The average molecular weight is 289 g/mol. The molecule has 3 rings (SSSR count). The Labute approximate surface area is 125 Å². The smallest absolute Gasteiger partial charge is 0.0702 e. The van der Waals surface area contributed by atoms with Crippen LogP contribution in [0.1, 0.15) is 53.1 Å². The van der Waals surface area contributed by atoms with Gasteiger partial charge in [0, 0.05) is 28.6 Å². The van der Waals surface area contributed by atoms with Crippen LogP contribution in [0.3, 0.4) is 0 Å². The van der Waals surface area contributed by atoms with Gasteiger partial charge in [-0.15, -0.1) is 11.3 Å². The highest BCUT2D eigenvalue weighted by molar-refractivity contribution is 7.12. The fourth-order valence-electron chi connectivity index (χ4n) is 2.92. The number of nitrogens with one attached hydrogen (secondary N) is 1. The number of nitrogens with zero attached hydrogens (tertiary/aromatic N) is 2. The number of thiophene rings is 1. The van der Waals surface area contributed by atoms with Crippen molar-refractivity contribution in [1.29, 1.82) is 0 Å². The van der Waals surface area contributed by atoms with Crippen molar-refractivity contribution < 1.29 is 0 Å². The lowest BCUT2D eigenvalue weighted by atomic mass is 9.98. The van der Waals surface area contributed by atoms with Gasteiger partial charge in [-0.25, -0.2) is 0 Å². The second-order valence-electron chi connectivity index (χ2n) is 5.64. The van der Waals surface area contributed by atoms with Crippen LogP contribution in [-0.4, -0.2) is 16.3 Å². The van der Waals surface area contributed by atoms with Crippen molar-refractivity contribution in [3.05, 3.63) is 39.3 Å². The van der Waals surface area contributed by atoms with Crippen LogP contribution in [0.15, 0.2) is 18.5 Å². The van der Waals surface area contributed by atoms with E-state index in [4.69, 9.17) is 0 Å².